The second-order valence-corrected chi connectivity index (χ2v) is 5.17. The van der Waals surface area contributed by atoms with Gasteiger partial charge in [0.15, 0.2) is 0 Å². The molecule has 3 aromatic rings. The van der Waals surface area contributed by atoms with E-state index in [0.717, 1.165) is 16.7 Å². The monoisotopic (exact) mass is 321 g/mol. The average molecular weight is 321 g/mol. The fourth-order valence-corrected chi connectivity index (χ4v) is 2.46. The highest BCUT2D eigenvalue weighted by atomic mass is 32.1. The fraction of sp³-hybridized carbons (Fsp3) is 0. The summed E-state index contributed by atoms with van der Waals surface area (Å²) in [4.78, 5) is 3.88. The Morgan fingerprint density at radius 1 is 0.826 bits per heavy atom. The number of hydrogen-bond donors (Lipinski definition) is 1. The number of rotatable bonds is 3. The lowest BCUT2D eigenvalue weighted by Gasteiger charge is -2.07. The molecule has 3 aromatic carbocycles. The summed E-state index contributed by atoms with van der Waals surface area (Å²) in [6.45, 7) is 0. The highest BCUT2D eigenvalue weighted by Gasteiger charge is 2.07. The second kappa shape index (κ2) is 6.53. The Morgan fingerprint density at radius 3 is 2.04 bits per heavy atom. The molecular weight excluding hydrogens is 309 g/mol. The number of aromatic hydroxyl groups is 1. The minimum absolute atomic E-state index is 0.185. The quantitative estimate of drug-likeness (QED) is 0.503. The van der Waals surface area contributed by atoms with Crippen LogP contribution in [0.4, 0.5) is 10.1 Å². The van der Waals surface area contributed by atoms with Gasteiger partial charge in [-0.2, -0.15) is 4.99 Å². The van der Waals surface area contributed by atoms with Crippen molar-refractivity contribution in [2.45, 2.75) is 0 Å². The fourth-order valence-electron chi connectivity index (χ4n) is 2.35. The van der Waals surface area contributed by atoms with Gasteiger partial charge in [0.1, 0.15) is 11.6 Å². The van der Waals surface area contributed by atoms with E-state index in [1.54, 1.807) is 54.6 Å². The van der Waals surface area contributed by atoms with Crippen LogP contribution in [0, 0.1) is 5.82 Å². The molecule has 0 amide bonds. The molecule has 3 rings (SSSR count). The van der Waals surface area contributed by atoms with Crippen LogP contribution >= 0.6 is 12.2 Å². The molecule has 0 spiro atoms. The molecule has 2 nitrogen and oxygen atoms in total. The van der Waals surface area contributed by atoms with Crippen LogP contribution in [0.25, 0.3) is 22.3 Å². The average Bonchev–Trinajstić information content (AvgIpc) is 2.57. The lowest BCUT2D eigenvalue weighted by atomic mass is 9.99. The van der Waals surface area contributed by atoms with Crippen LogP contribution in [0.15, 0.2) is 71.7 Å². The van der Waals surface area contributed by atoms with Gasteiger partial charge in [0.25, 0.3) is 0 Å². The molecule has 0 aliphatic rings. The van der Waals surface area contributed by atoms with E-state index in [0.29, 0.717) is 11.3 Å². The largest absolute Gasteiger partial charge is 0.508 e. The predicted octanol–water partition coefficient (Wildman–Crippen LogP) is 5.60. The standard InChI is InChI=1S/C19H12FNOS/c20-19-11-15(13-3-8-17(22)9-4-13)5-10-18(19)14-1-6-16(7-2-14)21-12-23/h1-11,22H. The summed E-state index contributed by atoms with van der Waals surface area (Å²) >= 11 is 4.56. The topological polar surface area (TPSA) is 32.6 Å². The van der Waals surface area contributed by atoms with Gasteiger partial charge in [-0.15, -0.1) is 0 Å². The van der Waals surface area contributed by atoms with E-state index >= 15 is 0 Å². The summed E-state index contributed by atoms with van der Waals surface area (Å²) in [5, 5.41) is 11.6. The van der Waals surface area contributed by atoms with Crippen LogP contribution in [0.1, 0.15) is 0 Å². The summed E-state index contributed by atoms with van der Waals surface area (Å²) in [6.07, 6.45) is 0. The number of nitrogens with zero attached hydrogens (tertiary/aromatic N) is 1. The number of aliphatic imine (C=N–C) groups is 1. The van der Waals surface area contributed by atoms with Crippen LogP contribution in [0.3, 0.4) is 0 Å². The minimum Gasteiger partial charge on any atom is -0.508 e. The molecule has 0 saturated carbocycles. The molecular formula is C19H12FNOS. The van der Waals surface area contributed by atoms with E-state index in [9.17, 15) is 9.50 Å². The first kappa shape index (κ1) is 15.1. The second-order valence-electron chi connectivity index (χ2n) is 4.99. The summed E-state index contributed by atoms with van der Waals surface area (Å²) in [7, 11) is 0. The number of phenolic OH excluding ortho intramolecular Hbond substituents is 1. The van der Waals surface area contributed by atoms with E-state index in [4.69, 9.17) is 0 Å². The molecule has 0 unspecified atom stereocenters. The van der Waals surface area contributed by atoms with Gasteiger partial charge in [-0.05, 0) is 59.2 Å². The van der Waals surface area contributed by atoms with Crippen molar-refractivity contribution in [3.8, 4) is 28.0 Å². The number of halogens is 1. The van der Waals surface area contributed by atoms with E-state index in [1.807, 2.05) is 6.07 Å². The Balaban J connectivity index is 1.95. The van der Waals surface area contributed by atoms with Gasteiger partial charge in [0.2, 0.25) is 0 Å². The molecule has 0 aliphatic carbocycles. The SMILES string of the molecule is Oc1ccc(-c2ccc(-c3ccc(N=C=S)cc3)c(F)c2)cc1. The van der Waals surface area contributed by atoms with Crippen molar-refractivity contribution in [3.63, 3.8) is 0 Å². The van der Waals surface area contributed by atoms with Crippen LogP contribution in [-0.2, 0) is 0 Å². The van der Waals surface area contributed by atoms with Crippen molar-refractivity contribution in [2.75, 3.05) is 0 Å². The van der Waals surface area contributed by atoms with Crippen LogP contribution in [0.2, 0.25) is 0 Å². The molecule has 0 aromatic heterocycles. The molecule has 0 fully saturated rings. The van der Waals surface area contributed by atoms with Crippen molar-refractivity contribution in [3.05, 3.63) is 72.5 Å². The van der Waals surface area contributed by atoms with E-state index in [1.165, 1.54) is 6.07 Å². The van der Waals surface area contributed by atoms with Gasteiger partial charge in [-0.1, -0.05) is 36.4 Å². The Kier molecular flexibility index (Phi) is 4.29. The maximum atomic E-state index is 14.4. The summed E-state index contributed by atoms with van der Waals surface area (Å²) in [6, 6.07) is 18.9. The molecule has 112 valence electrons. The minimum atomic E-state index is -0.304. The van der Waals surface area contributed by atoms with Crippen molar-refractivity contribution >= 4 is 23.1 Å². The Morgan fingerprint density at radius 2 is 1.43 bits per heavy atom. The molecule has 4 heteroatoms. The molecule has 0 aliphatic heterocycles. The molecule has 0 radical (unpaired) electrons. The summed E-state index contributed by atoms with van der Waals surface area (Å²) in [5.74, 6) is -0.119. The zero-order valence-electron chi connectivity index (χ0n) is 12.0. The van der Waals surface area contributed by atoms with Crippen molar-refractivity contribution in [1.29, 1.82) is 0 Å². The molecule has 0 bridgehead atoms. The van der Waals surface area contributed by atoms with Crippen LogP contribution in [-0.4, -0.2) is 10.3 Å². The number of hydrogen-bond acceptors (Lipinski definition) is 3. The summed E-state index contributed by atoms with van der Waals surface area (Å²) in [5.41, 5.74) is 3.57. The van der Waals surface area contributed by atoms with Gasteiger partial charge >= 0.3 is 0 Å². The lowest BCUT2D eigenvalue weighted by Crippen LogP contribution is -1.86. The normalized spacial score (nSPS) is 10.1. The molecule has 23 heavy (non-hydrogen) atoms. The molecule has 1 N–H and O–H groups in total. The zero-order chi connectivity index (χ0) is 16.2. The van der Waals surface area contributed by atoms with Crippen molar-refractivity contribution in [2.24, 2.45) is 4.99 Å². The Hall–Kier alpha value is -2.81. The van der Waals surface area contributed by atoms with E-state index < -0.39 is 0 Å². The number of phenols is 1. The first-order valence-corrected chi connectivity index (χ1v) is 7.35. The predicted molar refractivity (Wildman–Crippen MR) is 93.6 cm³/mol. The number of thiocarbonyl (C=S) groups is 1. The zero-order valence-corrected chi connectivity index (χ0v) is 12.8. The molecule has 0 saturated heterocycles. The number of isothiocyanates is 1. The van der Waals surface area contributed by atoms with Gasteiger partial charge in [-0.25, -0.2) is 4.39 Å². The first-order valence-electron chi connectivity index (χ1n) is 6.94. The first-order chi connectivity index (χ1) is 11.2. The van der Waals surface area contributed by atoms with Crippen molar-refractivity contribution < 1.29 is 9.50 Å². The third-order valence-corrected chi connectivity index (χ3v) is 3.61. The molecule has 0 atom stereocenters. The van der Waals surface area contributed by atoms with E-state index in [-0.39, 0.29) is 11.6 Å². The Bertz CT molecular complexity index is 882. The highest BCUT2D eigenvalue weighted by Crippen LogP contribution is 2.29. The highest BCUT2D eigenvalue weighted by molar-refractivity contribution is 7.78. The van der Waals surface area contributed by atoms with Gasteiger partial charge < -0.3 is 5.11 Å². The maximum Gasteiger partial charge on any atom is 0.131 e. The lowest BCUT2D eigenvalue weighted by molar-refractivity contribution is 0.475. The molecule has 0 heterocycles. The van der Waals surface area contributed by atoms with Gasteiger partial charge in [0.05, 0.1) is 10.8 Å². The third kappa shape index (κ3) is 3.34. The smallest absolute Gasteiger partial charge is 0.131 e. The Labute approximate surface area is 138 Å². The van der Waals surface area contributed by atoms with Gasteiger partial charge in [-0.3, -0.25) is 0 Å². The maximum absolute atomic E-state index is 14.4. The third-order valence-electron chi connectivity index (χ3n) is 3.52. The summed E-state index contributed by atoms with van der Waals surface area (Å²) < 4.78 is 14.4. The number of benzene rings is 3. The van der Waals surface area contributed by atoms with Crippen LogP contribution < -0.4 is 0 Å². The van der Waals surface area contributed by atoms with Gasteiger partial charge in [0, 0.05) is 5.56 Å². The van der Waals surface area contributed by atoms with Crippen molar-refractivity contribution in [1.82, 2.24) is 0 Å². The van der Waals surface area contributed by atoms with Crippen LogP contribution in [0.5, 0.6) is 5.75 Å². The van der Waals surface area contributed by atoms with E-state index in [2.05, 4.69) is 22.4 Å².